The Morgan fingerprint density at radius 2 is 2.00 bits per heavy atom. The van der Waals surface area contributed by atoms with Crippen LogP contribution >= 0.6 is 12.2 Å². The smallest absolute Gasteiger partial charge is 0.237 e. The predicted octanol–water partition coefficient (Wildman–Crippen LogP) is 3.00. The SMILES string of the molecule is NC(=S)C1(C(=O)Nc2cccc(F)c2)CCCCC1. The van der Waals surface area contributed by atoms with Crippen molar-refractivity contribution in [2.45, 2.75) is 32.1 Å². The molecule has 0 aromatic heterocycles. The zero-order valence-electron chi connectivity index (χ0n) is 10.6. The first-order chi connectivity index (χ1) is 9.04. The van der Waals surface area contributed by atoms with Crippen LogP contribution in [0.4, 0.5) is 10.1 Å². The van der Waals surface area contributed by atoms with Crippen molar-refractivity contribution < 1.29 is 9.18 Å². The normalized spacial score (nSPS) is 17.7. The molecule has 0 radical (unpaired) electrons. The maximum Gasteiger partial charge on any atom is 0.237 e. The molecule has 1 aromatic carbocycles. The highest BCUT2D eigenvalue weighted by atomic mass is 32.1. The molecule has 0 saturated heterocycles. The van der Waals surface area contributed by atoms with Gasteiger partial charge in [-0.3, -0.25) is 4.79 Å². The van der Waals surface area contributed by atoms with Gasteiger partial charge in [0.2, 0.25) is 5.91 Å². The first kappa shape index (κ1) is 13.9. The molecule has 3 nitrogen and oxygen atoms in total. The molecule has 2 rings (SSSR count). The first-order valence-corrected chi connectivity index (χ1v) is 6.82. The minimum Gasteiger partial charge on any atom is -0.392 e. The number of benzene rings is 1. The van der Waals surface area contributed by atoms with Gasteiger partial charge in [-0.1, -0.05) is 37.5 Å². The molecule has 0 heterocycles. The van der Waals surface area contributed by atoms with Gasteiger partial charge in [0.05, 0.1) is 10.4 Å². The third kappa shape index (κ3) is 2.92. The van der Waals surface area contributed by atoms with Gasteiger partial charge < -0.3 is 11.1 Å². The van der Waals surface area contributed by atoms with Crippen molar-refractivity contribution in [1.29, 1.82) is 0 Å². The lowest BCUT2D eigenvalue weighted by atomic mass is 9.73. The van der Waals surface area contributed by atoms with Crippen molar-refractivity contribution in [1.82, 2.24) is 0 Å². The molecule has 0 aliphatic heterocycles. The van der Waals surface area contributed by atoms with E-state index in [4.69, 9.17) is 18.0 Å². The number of carbonyl (C=O) groups is 1. The second kappa shape index (κ2) is 5.65. The van der Waals surface area contributed by atoms with Crippen molar-refractivity contribution >= 4 is 28.8 Å². The second-order valence-electron chi connectivity index (χ2n) is 4.97. The Balaban J connectivity index is 2.19. The number of hydrogen-bond donors (Lipinski definition) is 2. The van der Waals surface area contributed by atoms with Crippen molar-refractivity contribution in [3.63, 3.8) is 0 Å². The van der Waals surface area contributed by atoms with Gasteiger partial charge in [0.15, 0.2) is 0 Å². The van der Waals surface area contributed by atoms with Crippen LogP contribution < -0.4 is 11.1 Å². The summed E-state index contributed by atoms with van der Waals surface area (Å²) in [4.78, 5) is 12.7. The first-order valence-electron chi connectivity index (χ1n) is 6.41. The summed E-state index contributed by atoms with van der Waals surface area (Å²) in [6, 6.07) is 5.82. The molecular weight excluding hydrogens is 263 g/mol. The zero-order valence-corrected chi connectivity index (χ0v) is 11.4. The third-order valence-electron chi connectivity index (χ3n) is 3.70. The van der Waals surface area contributed by atoms with E-state index in [-0.39, 0.29) is 16.7 Å². The quantitative estimate of drug-likeness (QED) is 0.837. The summed E-state index contributed by atoms with van der Waals surface area (Å²) >= 11 is 5.09. The number of thiocarbonyl (C=S) groups is 1. The van der Waals surface area contributed by atoms with Crippen LogP contribution in [0.25, 0.3) is 0 Å². The Morgan fingerprint density at radius 1 is 1.32 bits per heavy atom. The summed E-state index contributed by atoms with van der Waals surface area (Å²) in [5.74, 6) is -0.601. The van der Waals surface area contributed by atoms with E-state index >= 15 is 0 Å². The number of halogens is 1. The molecule has 3 N–H and O–H groups in total. The van der Waals surface area contributed by atoms with Crippen molar-refractivity contribution in [3.05, 3.63) is 30.1 Å². The van der Waals surface area contributed by atoms with Crippen molar-refractivity contribution in [3.8, 4) is 0 Å². The molecular formula is C14H17FN2OS. The predicted molar refractivity (Wildman–Crippen MR) is 77.3 cm³/mol. The van der Waals surface area contributed by atoms with Crippen molar-refractivity contribution in [2.24, 2.45) is 11.1 Å². The van der Waals surface area contributed by atoms with Gasteiger partial charge in [-0.05, 0) is 31.0 Å². The van der Waals surface area contributed by atoms with Crippen LogP contribution in [0.2, 0.25) is 0 Å². The van der Waals surface area contributed by atoms with Crippen LogP contribution in [0.1, 0.15) is 32.1 Å². The van der Waals surface area contributed by atoms with E-state index in [1.807, 2.05) is 0 Å². The minimum absolute atomic E-state index is 0.217. The van der Waals surface area contributed by atoms with Gasteiger partial charge in [-0.15, -0.1) is 0 Å². The summed E-state index contributed by atoms with van der Waals surface area (Å²) in [5.41, 5.74) is 5.44. The number of rotatable bonds is 3. The van der Waals surface area contributed by atoms with Crippen LogP contribution in [0, 0.1) is 11.2 Å². The number of nitrogens with two attached hydrogens (primary N) is 1. The summed E-state index contributed by atoms with van der Waals surface area (Å²) in [5, 5.41) is 2.73. The lowest BCUT2D eigenvalue weighted by molar-refractivity contribution is -0.123. The van der Waals surface area contributed by atoms with Gasteiger partial charge in [0, 0.05) is 5.69 Å². The fourth-order valence-electron chi connectivity index (χ4n) is 2.56. The number of carbonyl (C=O) groups excluding carboxylic acids is 1. The van der Waals surface area contributed by atoms with Gasteiger partial charge in [0.25, 0.3) is 0 Å². The topological polar surface area (TPSA) is 55.1 Å². The van der Waals surface area contributed by atoms with E-state index < -0.39 is 5.41 Å². The fourth-order valence-corrected chi connectivity index (χ4v) is 2.85. The molecule has 0 atom stereocenters. The Morgan fingerprint density at radius 3 is 2.58 bits per heavy atom. The van der Waals surface area contributed by atoms with E-state index in [0.717, 1.165) is 19.3 Å². The summed E-state index contributed by atoms with van der Waals surface area (Å²) in [7, 11) is 0. The summed E-state index contributed by atoms with van der Waals surface area (Å²) in [6.45, 7) is 0. The third-order valence-corrected chi connectivity index (χ3v) is 4.09. The van der Waals surface area contributed by atoms with Crippen molar-refractivity contribution in [2.75, 3.05) is 5.32 Å². The molecule has 1 fully saturated rings. The largest absolute Gasteiger partial charge is 0.392 e. The summed E-state index contributed by atoms with van der Waals surface area (Å²) < 4.78 is 13.1. The van der Waals surface area contributed by atoms with E-state index in [2.05, 4.69) is 5.32 Å². The Labute approximate surface area is 117 Å². The van der Waals surface area contributed by atoms with E-state index in [9.17, 15) is 9.18 Å². The van der Waals surface area contributed by atoms with Crippen LogP contribution in [-0.4, -0.2) is 10.9 Å². The molecule has 1 aliphatic rings. The maximum absolute atomic E-state index is 13.1. The van der Waals surface area contributed by atoms with Gasteiger partial charge >= 0.3 is 0 Å². The Hall–Kier alpha value is -1.49. The molecule has 0 unspecified atom stereocenters. The standard InChI is InChI=1S/C14H17FN2OS/c15-10-5-4-6-11(9-10)17-13(18)14(12(16)19)7-2-1-3-8-14/h4-6,9H,1-3,7-8H2,(H2,16,19)(H,17,18). The van der Waals surface area contributed by atoms with Gasteiger partial charge in [-0.2, -0.15) is 0 Å². The summed E-state index contributed by atoms with van der Waals surface area (Å²) in [6.07, 6.45) is 4.31. The number of hydrogen-bond acceptors (Lipinski definition) is 2. The van der Waals surface area contributed by atoms with Gasteiger partial charge in [0.1, 0.15) is 5.82 Å². The zero-order chi connectivity index (χ0) is 13.9. The number of nitrogens with one attached hydrogen (secondary N) is 1. The minimum atomic E-state index is -0.778. The highest BCUT2D eigenvalue weighted by Gasteiger charge is 2.42. The number of amides is 1. The fraction of sp³-hybridized carbons (Fsp3) is 0.429. The van der Waals surface area contributed by atoms with Crippen LogP contribution in [0.15, 0.2) is 24.3 Å². The highest BCUT2D eigenvalue weighted by molar-refractivity contribution is 7.80. The lowest BCUT2D eigenvalue weighted by Gasteiger charge is -2.34. The van der Waals surface area contributed by atoms with Crippen LogP contribution in [0.5, 0.6) is 0 Å². The van der Waals surface area contributed by atoms with E-state index in [0.29, 0.717) is 18.5 Å². The average molecular weight is 280 g/mol. The maximum atomic E-state index is 13.1. The molecule has 5 heteroatoms. The molecule has 1 aromatic rings. The van der Waals surface area contributed by atoms with E-state index in [1.54, 1.807) is 12.1 Å². The Kier molecular flexibility index (Phi) is 4.14. The molecule has 0 spiro atoms. The van der Waals surface area contributed by atoms with Gasteiger partial charge in [-0.25, -0.2) is 4.39 Å². The molecule has 1 saturated carbocycles. The second-order valence-corrected chi connectivity index (χ2v) is 5.41. The molecule has 102 valence electrons. The highest BCUT2D eigenvalue weighted by Crippen LogP contribution is 2.37. The van der Waals surface area contributed by atoms with Crippen LogP contribution in [0.3, 0.4) is 0 Å². The van der Waals surface area contributed by atoms with Crippen LogP contribution in [-0.2, 0) is 4.79 Å². The van der Waals surface area contributed by atoms with E-state index in [1.165, 1.54) is 12.1 Å². The Bertz CT molecular complexity index is 498. The average Bonchev–Trinajstić information content (AvgIpc) is 2.39. The number of anilines is 1. The monoisotopic (exact) mass is 280 g/mol. The molecule has 19 heavy (non-hydrogen) atoms. The molecule has 1 aliphatic carbocycles. The lowest BCUT2D eigenvalue weighted by Crippen LogP contribution is -2.47. The molecule has 1 amide bonds. The molecule has 0 bridgehead atoms.